The molecule has 0 nitrogen and oxygen atoms in total. The van der Waals surface area contributed by atoms with E-state index in [0.29, 0.717) is 6.42 Å². The summed E-state index contributed by atoms with van der Waals surface area (Å²) in [5.41, 5.74) is 0. The zero-order valence-corrected chi connectivity index (χ0v) is 5.99. The molecule has 1 aliphatic rings. The van der Waals surface area contributed by atoms with Crippen molar-refractivity contribution in [3.8, 4) is 0 Å². The number of halogens is 3. The Morgan fingerprint density at radius 3 is 2.00 bits per heavy atom. The third-order valence-corrected chi connectivity index (χ3v) is 2.41. The molecule has 1 rings (SSSR count). The van der Waals surface area contributed by atoms with Gasteiger partial charge in [0.1, 0.15) is 0 Å². The Kier molecular flexibility index (Phi) is 1.97. The van der Waals surface area contributed by atoms with E-state index in [9.17, 15) is 12.9 Å². The fourth-order valence-electron chi connectivity index (χ4n) is 1.74. The van der Waals surface area contributed by atoms with Crippen LogP contribution in [-0.4, -0.2) is 6.98 Å². The molecule has 0 saturated heterocycles. The van der Waals surface area contributed by atoms with Crippen molar-refractivity contribution in [1.29, 1.82) is 0 Å². The summed E-state index contributed by atoms with van der Waals surface area (Å²) in [4.78, 5) is 0. The normalized spacial score (nSPS) is 34.8. The molecule has 0 aromatic heterocycles. The highest BCUT2D eigenvalue weighted by Gasteiger charge is 2.40. The van der Waals surface area contributed by atoms with Crippen LogP contribution in [0.2, 0.25) is 5.82 Å². The lowest BCUT2D eigenvalue weighted by molar-refractivity contribution is 0.402. The SMILES string of the molecule is CC1CCCC1[B-](F)(F)F. The number of hydrogen-bond donors (Lipinski definition) is 0. The molecule has 1 saturated carbocycles. The molecule has 10 heavy (non-hydrogen) atoms. The lowest BCUT2D eigenvalue weighted by atomic mass is 9.67. The van der Waals surface area contributed by atoms with Crippen LogP contribution in [0.5, 0.6) is 0 Å². The van der Waals surface area contributed by atoms with Crippen LogP contribution in [0.15, 0.2) is 0 Å². The molecule has 4 heteroatoms. The van der Waals surface area contributed by atoms with E-state index in [2.05, 4.69) is 0 Å². The first-order chi connectivity index (χ1) is 4.52. The van der Waals surface area contributed by atoms with Crippen LogP contribution in [0.3, 0.4) is 0 Å². The van der Waals surface area contributed by atoms with Gasteiger partial charge in [-0.2, -0.15) is 0 Å². The first kappa shape index (κ1) is 7.96. The largest absolute Gasteiger partial charge is 0.481 e. The van der Waals surface area contributed by atoms with Gasteiger partial charge in [-0.25, -0.2) is 0 Å². The summed E-state index contributed by atoms with van der Waals surface area (Å²) >= 11 is 0. The Hall–Kier alpha value is -0.145. The van der Waals surface area contributed by atoms with Crippen LogP contribution in [-0.2, 0) is 0 Å². The van der Waals surface area contributed by atoms with Crippen LogP contribution < -0.4 is 0 Å². The number of rotatable bonds is 1. The van der Waals surface area contributed by atoms with Crippen LogP contribution >= 0.6 is 0 Å². The van der Waals surface area contributed by atoms with Gasteiger partial charge in [0.05, 0.1) is 0 Å². The average molecular weight is 151 g/mol. The Morgan fingerprint density at radius 2 is 1.80 bits per heavy atom. The summed E-state index contributed by atoms with van der Waals surface area (Å²) < 4.78 is 36.2. The van der Waals surface area contributed by atoms with E-state index < -0.39 is 12.8 Å². The Bertz CT molecular complexity index is 121. The summed E-state index contributed by atoms with van der Waals surface area (Å²) in [6, 6.07) is 0. The molecule has 0 aromatic carbocycles. The van der Waals surface area contributed by atoms with Gasteiger partial charge in [0.2, 0.25) is 0 Å². The van der Waals surface area contributed by atoms with Gasteiger partial charge in [0.25, 0.3) is 0 Å². The molecule has 0 amide bonds. The predicted molar refractivity (Wildman–Crippen MR) is 35.8 cm³/mol. The maximum absolute atomic E-state index is 12.1. The first-order valence-electron chi connectivity index (χ1n) is 3.72. The molecule has 1 aliphatic carbocycles. The van der Waals surface area contributed by atoms with Gasteiger partial charge in [0, 0.05) is 0 Å². The van der Waals surface area contributed by atoms with Gasteiger partial charge < -0.3 is 12.9 Å². The Morgan fingerprint density at radius 1 is 1.20 bits per heavy atom. The topological polar surface area (TPSA) is 0 Å². The van der Waals surface area contributed by atoms with Crippen molar-refractivity contribution in [3.05, 3.63) is 0 Å². The zero-order valence-electron chi connectivity index (χ0n) is 5.99. The van der Waals surface area contributed by atoms with E-state index in [4.69, 9.17) is 0 Å². The van der Waals surface area contributed by atoms with Crippen molar-refractivity contribution in [2.75, 3.05) is 0 Å². The summed E-state index contributed by atoms with van der Waals surface area (Å²) in [5, 5.41) is 0. The lowest BCUT2D eigenvalue weighted by Crippen LogP contribution is -2.25. The molecule has 0 bridgehead atoms. The molecule has 2 unspecified atom stereocenters. The quantitative estimate of drug-likeness (QED) is 0.505. The minimum absolute atomic E-state index is 0.125. The van der Waals surface area contributed by atoms with Gasteiger partial charge in [0.15, 0.2) is 0 Å². The highest BCUT2D eigenvalue weighted by molar-refractivity contribution is 6.60. The minimum atomic E-state index is -4.55. The van der Waals surface area contributed by atoms with Crippen LogP contribution in [0.25, 0.3) is 0 Å². The van der Waals surface area contributed by atoms with E-state index in [-0.39, 0.29) is 5.92 Å². The van der Waals surface area contributed by atoms with Gasteiger partial charge in [-0.3, -0.25) is 0 Å². The fraction of sp³-hybridized carbons (Fsp3) is 1.00. The van der Waals surface area contributed by atoms with Gasteiger partial charge in [-0.05, 0) is 0 Å². The van der Waals surface area contributed by atoms with E-state index >= 15 is 0 Å². The minimum Gasteiger partial charge on any atom is -0.449 e. The third-order valence-electron chi connectivity index (χ3n) is 2.41. The standard InChI is InChI=1S/C6H11BF3/c1-5-3-2-4-6(5)7(8,9)10/h5-6H,2-4H2,1H3/q-1. The summed E-state index contributed by atoms with van der Waals surface area (Å²) in [7, 11) is 0. The average Bonchev–Trinajstić information content (AvgIpc) is 2.11. The molecule has 0 aliphatic heterocycles. The summed E-state index contributed by atoms with van der Waals surface area (Å²) in [6.45, 7) is -2.85. The molecule has 0 heterocycles. The molecule has 0 aromatic rings. The van der Waals surface area contributed by atoms with Crippen LogP contribution in [0.1, 0.15) is 26.2 Å². The van der Waals surface area contributed by atoms with Crippen molar-refractivity contribution < 1.29 is 12.9 Å². The zero-order chi connectivity index (χ0) is 7.78. The van der Waals surface area contributed by atoms with E-state index in [1.54, 1.807) is 6.92 Å². The van der Waals surface area contributed by atoms with Crippen LogP contribution in [0.4, 0.5) is 12.9 Å². The van der Waals surface area contributed by atoms with Gasteiger partial charge >= 0.3 is 6.98 Å². The lowest BCUT2D eigenvalue weighted by Gasteiger charge is -2.25. The molecular weight excluding hydrogens is 140 g/mol. The molecule has 0 spiro atoms. The van der Waals surface area contributed by atoms with Crippen molar-refractivity contribution in [1.82, 2.24) is 0 Å². The Balaban J connectivity index is 2.55. The fourth-order valence-corrected chi connectivity index (χ4v) is 1.74. The maximum Gasteiger partial charge on any atom is 0.481 e. The van der Waals surface area contributed by atoms with Crippen molar-refractivity contribution >= 4 is 6.98 Å². The molecule has 0 radical (unpaired) electrons. The first-order valence-corrected chi connectivity index (χ1v) is 3.72. The molecule has 60 valence electrons. The van der Waals surface area contributed by atoms with E-state index in [1.807, 2.05) is 0 Å². The van der Waals surface area contributed by atoms with Gasteiger partial charge in [-0.1, -0.05) is 37.9 Å². The summed E-state index contributed by atoms with van der Waals surface area (Å²) in [6.07, 6.45) is 1.88. The highest BCUT2D eigenvalue weighted by atomic mass is 19.4. The molecular formula is C6H11BF3-. The molecule has 0 N–H and O–H groups in total. The highest BCUT2D eigenvalue weighted by Crippen LogP contribution is 2.44. The predicted octanol–water partition coefficient (Wildman–Crippen LogP) is 3.02. The van der Waals surface area contributed by atoms with Crippen molar-refractivity contribution in [2.45, 2.75) is 32.0 Å². The Labute approximate surface area is 58.9 Å². The van der Waals surface area contributed by atoms with Crippen molar-refractivity contribution in [2.24, 2.45) is 5.92 Å². The summed E-state index contributed by atoms with van der Waals surface area (Å²) in [5.74, 6) is -1.08. The maximum atomic E-state index is 12.1. The van der Waals surface area contributed by atoms with E-state index in [1.165, 1.54) is 0 Å². The second-order valence-corrected chi connectivity index (χ2v) is 3.20. The molecule has 2 atom stereocenters. The third kappa shape index (κ3) is 1.47. The second-order valence-electron chi connectivity index (χ2n) is 3.20. The monoisotopic (exact) mass is 151 g/mol. The van der Waals surface area contributed by atoms with Gasteiger partial charge in [-0.15, -0.1) is 0 Å². The van der Waals surface area contributed by atoms with Crippen LogP contribution in [0, 0.1) is 5.92 Å². The smallest absolute Gasteiger partial charge is 0.449 e. The number of hydrogen-bond acceptors (Lipinski definition) is 0. The molecule has 1 fully saturated rings. The van der Waals surface area contributed by atoms with E-state index in [0.717, 1.165) is 12.8 Å². The van der Waals surface area contributed by atoms with Crippen molar-refractivity contribution in [3.63, 3.8) is 0 Å². The second kappa shape index (κ2) is 2.48.